The molecule has 1 amide bonds. The fraction of sp³-hybridized carbons (Fsp3) is 0.231. The average molecular weight is 463 g/mol. The zero-order valence-electron chi connectivity index (χ0n) is 18.5. The summed E-state index contributed by atoms with van der Waals surface area (Å²) in [4.78, 5) is 21.4. The van der Waals surface area contributed by atoms with Crippen LogP contribution < -0.4 is 9.64 Å². The number of hydrogen-bond donors (Lipinski definition) is 0. The molecular weight excluding hydrogens is 436 g/mol. The number of methoxy groups -OCH3 is 1. The van der Waals surface area contributed by atoms with Gasteiger partial charge in [0.05, 0.1) is 24.8 Å². The Morgan fingerprint density at radius 2 is 1.78 bits per heavy atom. The Morgan fingerprint density at radius 1 is 1.03 bits per heavy atom. The summed E-state index contributed by atoms with van der Waals surface area (Å²) < 4.78 is 6.57. The van der Waals surface area contributed by atoms with Crippen LogP contribution in [0.4, 0.5) is 5.13 Å². The van der Waals surface area contributed by atoms with E-state index in [0.29, 0.717) is 18.1 Å². The fourth-order valence-corrected chi connectivity index (χ4v) is 5.28. The van der Waals surface area contributed by atoms with E-state index in [0.717, 1.165) is 38.4 Å². The molecule has 4 aromatic rings. The molecule has 0 unspecified atom stereocenters. The number of thiazole rings is 1. The first-order valence-electron chi connectivity index (χ1n) is 10.6. The summed E-state index contributed by atoms with van der Waals surface area (Å²) in [6.45, 7) is 4.67. The van der Waals surface area contributed by atoms with Crippen molar-refractivity contribution in [3.63, 3.8) is 0 Å². The summed E-state index contributed by atoms with van der Waals surface area (Å²) in [5, 5.41) is 0.694. The third-order valence-corrected chi connectivity index (χ3v) is 7.33. The number of hydrogen-bond acceptors (Lipinski definition) is 5. The second-order valence-electron chi connectivity index (χ2n) is 7.48. The van der Waals surface area contributed by atoms with E-state index in [4.69, 9.17) is 9.72 Å². The number of ether oxygens (including phenoxy) is 1. The van der Waals surface area contributed by atoms with Gasteiger partial charge in [-0.2, -0.15) is 0 Å². The van der Waals surface area contributed by atoms with Crippen LogP contribution in [0.15, 0.2) is 71.6 Å². The minimum absolute atomic E-state index is 0.0282. The Kier molecular flexibility index (Phi) is 7.12. The highest BCUT2D eigenvalue weighted by molar-refractivity contribution is 7.99. The molecule has 32 heavy (non-hydrogen) atoms. The molecule has 0 spiro atoms. The van der Waals surface area contributed by atoms with E-state index in [1.54, 1.807) is 23.8 Å². The number of aryl methyl sites for hydroxylation is 1. The van der Waals surface area contributed by atoms with Gasteiger partial charge in [-0.1, -0.05) is 66.8 Å². The zero-order chi connectivity index (χ0) is 22.5. The molecule has 0 saturated heterocycles. The lowest BCUT2D eigenvalue weighted by Gasteiger charge is -2.20. The molecule has 0 aliphatic rings. The summed E-state index contributed by atoms with van der Waals surface area (Å²) in [7, 11) is 1.65. The third kappa shape index (κ3) is 4.97. The highest BCUT2D eigenvalue weighted by atomic mass is 32.2. The quantitative estimate of drug-likeness (QED) is 0.280. The average Bonchev–Trinajstić information content (AvgIpc) is 3.26. The molecule has 4 rings (SSSR count). The van der Waals surface area contributed by atoms with Crippen molar-refractivity contribution >= 4 is 44.4 Å². The Labute approximate surface area is 197 Å². The van der Waals surface area contributed by atoms with Crippen molar-refractivity contribution in [2.75, 3.05) is 17.8 Å². The predicted molar refractivity (Wildman–Crippen MR) is 135 cm³/mol. The minimum Gasteiger partial charge on any atom is -0.494 e. The van der Waals surface area contributed by atoms with E-state index >= 15 is 0 Å². The van der Waals surface area contributed by atoms with Crippen LogP contribution in [-0.4, -0.2) is 23.8 Å². The van der Waals surface area contributed by atoms with Gasteiger partial charge in [-0.05, 0) is 47.6 Å². The number of carbonyl (C=O) groups excluding carboxylic acids is 1. The third-order valence-electron chi connectivity index (χ3n) is 5.22. The number of rotatable bonds is 8. The van der Waals surface area contributed by atoms with Gasteiger partial charge in [-0.15, -0.1) is 11.8 Å². The lowest BCUT2D eigenvalue weighted by Crippen LogP contribution is -2.31. The first kappa shape index (κ1) is 22.4. The SMILES string of the molecule is CCSc1ccc(CC(=O)N(Cc2ccccc2)c2nc3c(OC)ccc(C)c3s2)cc1. The van der Waals surface area contributed by atoms with Gasteiger partial charge >= 0.3 is 0 Å². The maximum absolute atomic E-state index is 13.5. The van der Waals surface area contributed by atoms with Crippen molar-refractivity contribution in [2.24, 2.45) is 0 Å². The van der Waals surface area contributed by atoms with E-state index in [2.05, 4.69) is 26.0 Å². The highest BCUT2D eigenvalue weighted by Crippen LogP contribution is 2.37. The molecular formula is C26H26N2O2S2. The van der Waals surface area contributed by atoms with Crippen LogP contribution in [0.5, 0.6) is 5.75 Å². The van der Waals surface area contributed by atoms with Crippen molar-refractivity contribution < 1.29 is 9.53 Å². The molecule has 4 nitrogen and oxygen atoms in total. The van der Waals surface area contributed by atoms with Crippen molar-refractivity contribution in [1.29, 1.82) is 0 Å². The first-order chi connectivity index (χ1) is 15.6. The fourth-order valence-electron chi connectivity index (χ4n) is 3.55. The van der Waals surface area contributed by atoms with Crippen LogP contribution >= 0.6 is 23.1 Å². The molecule has 0 N–H and O–H groups in total. The standard InChI is InChI=1S/C26H26N2O2S2/c1-4-31-21-13-11-19(12-14-21)16-23(29)28(17-20-8-6-5-7-9-20)26-27-24-22(30-3)15-10-18(2)25(24)32-26/h5-15H,4,16-17H2,1-3H3. The second-order valence-corrected chi connectivity index (χ2v) is 9.79. The van der Waals surface area contributed by atoms with Crippen LogP contribution in [0.2, 0.25) is 0 Å². The number of carbonyl (C=O) groups is 1. The molecule has 0 bridgehead atoms. The zero-order valence-corrected chi connectivity index (χ0v) is 20.1. The maximum Gasteiger partial charge on any atom is 0.233 e. The molecule has 0 aliphatic heterocycles. The number of aromatic nitrogens is 1. The number of thioether (sulfide) groups is 1. The lowest BCUT2D eigenvalue weighted by molar-refractivity contribution is -0.118. The number of amides is 1. The van der Waals surface area contributed by atoms with Crippen molar-refractivity contribution in [2.45, 2.75) is 31.7 Å². The molecule has 0 aliphatic carbocycles. The number of anilines is 1. The molecule has 0 saturated carbocycles. The summed E-state index contributed by atoms with van der Waals surface area (Å²) in [6.07, 6.45) is 0.329. The maximum atomic E-state index is 13.5. The Balaban J connectivity index is 1.68. The van der Waals surface area contributed by atoms with E-state index < -0.39 is 0 Å². The number of nitrogens with zero attached hydrogens (tertiary/aromatic N) is 2. The van der Waals surface area contributed by atoms with Gasteiger partial charge in [0.25, 0.3) is 0 Å². The summed E-state index contributed by atoms with van der Waals surface area (Å²) in [5.74, 6) is 1.79. The van der Waals surface area contributed by atoms with Gasteiger partial charge < -0.3 is 4.74 Å². The van der Waals surface area contributed by atoms with E-state index in [-0.39, 0.29) is 5.91 Å². The Bertz CT molecular complexity index is 1200. The lowest BCUT2D eigenvalue weighted by atomic mass is 10.1. The van der Waals surface area contributed by atoms with Crippen LogP contribution in [0.1, 0.15) is 23.6 Å². The smallest absolute Gasteiger partial charge is 0.233 e. The molecule has 1 heterocycles. The topological polar surface area (TPSA) is 42.4 Å². The van der Waals surface area contributed by atoms with E-state index in [9.17, 15) is 4.79 Å². The van der Waals surface area contributed by atoms with Crippen molar-refractivity contribution in [3.8, 4) is 5.75 Å². The Morgan fingerprint density at radius 3 is 2.47 bits per heavy atom. The molecule has 1 aromatic heterocycles. The molecule has 0 atom stereocenters. The summed E-state index contributed by atoms with van der Waals surface area (Å²) in [6, 6.07) is 22.3. The van der Waals surface area contributed by atoms with Gasteiger partial charge in [-0.25, -0.2) is 4.98 Å². The molecule has 0 fully saturated rings. The molecule has 3 aromatic carbocycles. The van der Waals surface area contributed by atoms with Crippen LogP contribution in [-0.2, 0) is 17.8 Å². The molecule has 0 radical (unpaired) electrons. The van der Waals surface area contributed by atoms with Gasteiger partial charge in [0, 0.05) is 4.90 Å². The number of fused-ring (bicyclic) bond motifs is 1. The molecule has 164 valence electrons. The second kappa shape index (κ2) is 10.2. The largest absolute Gasteiger partial charge is 0.494 e. The van der Waals surface area contributed by atoms with Crippen molar-refractivity contribution in [3.05, 3.63) is 83.4 Å². The number of benzene rings is 3. The first-order valence-corrected chi connectivity index (χ1v) is 12.4. The minimum atomic E-state index is 0.0282. The van der Waals surface area contributed by atoms with Crippen molar-refractivity contribution in [1.82, 2.24) is 4.98 Å². The van der Waals surface area contributed by atoms with E-state index in [1.165, 1.54) is 16.2 Å². The predicted octanol–water partition coefficient (Wildman–Crippen LogP) is 6.50. The van der Waals surface area contributed by atoms with Gasteiger partial charge in [0.15, 0.2) is 5.13 Å². The van der Waals surface area contributed by atoms with Gasteiger partial charge in [-0.3, -0.25) is 9.69 Å². The van der Waals surface area contributed by atoms with Gasteiger partial charge in [0.1, 0.15) is 11.3 Å². The summed E-state index contributed by atoms with van der Waals surface area (Å²) in [5.41, 5.74) is 4.00. The normalized spacial score (nSPS) is 11.0. The van der Waals surface area contributed by atoms with E-state index in [1.807, 2.05) is 54.6 Å². The highest BCUT2D eigenvalue weighted by Gasteiger charge is 2.22. The van der Waals surface area contributed by atoms with Crippen LogP contribution in [0.3, 0.4) is 0 Å². The molecule has 6 heteroatoms. The Hall–Kier alpha value is -2.83. The van der Waals surface area contributed by atoms with Gasteiger partial charge in [0.2, 0.25) is 5.91 Å². The van der Waals surface area contributed by atoms with Crippen LogP contribution in [0, 0.1) is 6.92 Å². The summed E-state index contributed by atoms with van der Waals surface area (Å²) >= 11 is 3.34. The van der Waals surface area contributed by atoms with Crippen LogP contribution in [0.25, 0.3) is 10.2 Å². The monoisotopic (exact) mass is 462 g/mol.